The molecule has 3 heteroatoms. The van der Waals surface area contributed by atoms with Gasteiger partial charge in [0.15, 0.2) is 0 Å². The molecule has 2 aromatic rings. The van der Waals surface area contributed by atoms with Gasteiger partial charge in [0.1, 0.15) is 12.4 Å². The number of ether oxygens (including phenoxy) is 1. The summed E-state index contributed by atoms with van der Waals surface area (Å²) in [6.07, 6.45) is 1.68. The lowest BCUT2D eigenvalue weighted by molar-refractivity contribution is 0.0940. The molecule has 1 atom stereocenters. The topological polar surface area (TPSA) is 38.3 Å². The van der Waals surface area contributed by atoms with Crippen LogP contribution >= 0.6 is 0 Å². The van der Waals surface area contributed by atoms with Crippen LogP contribution in [0.5, 0.6) is 5.75 Å². The first-order chi connectivity index (χ1) is 10.2. The standard InChI is InChI=1S/C18H19NO2/c1-3-13-21-17-11-9-16(10-12-17)18(20)19-14(2)15-7-5-4-6-8-15/h3-12,14H,1,13H2,2H3,(H,19,20). The van der Waals surface area contributed by atoms with Crippen molar-refractivity contribution < 1.29 is 9.53 Å². The van der Waals surface area contributed by atoms with Gasteiger partial charge in [0, 0.05) is 5.56 Å². The third kappa shape index (κ3) is 4.21. The number of hydrogen-bond donors (Lipinski definition) is 1. The average molecular weight is 281 g/mol. The van der Waals surface area contributed by atoms with Gasteiger partial charge in [-0.2, -0.15) is 0 Å². The predicted octanol–water partition coefficient (Wildman–Crippen LogP) is 3.74. The van der Waals surface area contributed by atoms with Gasteiger partial charge in [0.05, 0.1) is 6.04 Å². The van der Waals surface area contributed by atoms with Crippen molar-refractivity contribution in [3.8, 4) is 5.75 Å². The Morgan fingerprint density at radius 1 is 1.19 bits per heavy atom. The fraction of sp³-hybridized carbons (Fsp3) is 0.167. The molecule has 0 saturated heterocycles. The second kappa shape index (κ2) is 7.29. The molecule has 0 spiro atoms. The van der Waals surface area contributed by atoms with Crippen LogP contribution in [0.4, 0.5) is 0 Å². The van der Waals surface area contributed by atoms with Crippen molar-refractivity contribution in [1.29, 1.82) is 0 Å². The molecule has 1 amide bonds. The van der Waals surface area contributed by atoms with Crippen LogP contribution in [0.15, 0.2) is 67.3 Å². The zero-order chi connectivity index (χ0) is 15.1. The minimum atomic E-state index is -0.0957. The first kappa shape index (κ1) is 14.9. The Morgan fingerprint density at radius 2 is 1.86 bits per heavy atom. The summed E-state index contributed by atoms with van der Waals surface area (Å²) in [4.78, 5) is 12.2. The number of carbonyl (C=O) groups excluding carboxylic acids is 1. The smallest absolute Gasteiger partial charge is 0.251 e. The fourth-order valence-electron chi connectivity index (χ4n) is 1.96. The number of hydrogen-bond acceptors (Lipinski definition) is 2. The molecule has 108 valence electrons. The molecule has 0 heterocycles. The maximum atomic E-state index is 12.2. The molecule has 1 unspecified atom stereocenters. The first-order valence-corrected chi connectivity index (χ1v) is 6.90. The van der Waals surface area contributed by atoms with Gasteiger partial charge in [-0.05, 0) is 36.8 Å². The summed E-state index contributed by atoms with van der Waals surface area (Å²) in [5.74, 6) is 0.629. The molecule has 0 fully saturated rings. The van der Waals surface area contributed by atoms with Gasteiger partial charge >= 0.3 is 0 Å². The molecule has 0 aromatic heterocycles. The Kier molecular flexibility index (Phi) is 5.16. The van der Waals surface area contributed by atoms with E-state index in [1.807, 2.05) is 37.3 Å². The Hall–Kier alpha value is -2.55. The van der Waals surface area contributed by atoms with Crippen LogP contribution in [0.1, 0.15) is 28.9 Å². The highest BCUT2D eigenvalue weighted by Crippen LogP contribution is 2.15. The lowest BCUT2D eigenvalue weighted by Crippen LogP contribution is -2.26. The zero-order valence-electron chi connectivity index (χ0n) is 12.1. The van der Waals surface area contributed by atoms with Crippen molar-refractivity contribution in [2.24, 2.45) is 0 Å². The van der Waals surface area contributed by atoms with Crippen molar-refractivity contribution in [3.05, 3.63) is 78.4 Å². The predicted molar refractivity (Wildman–Crippen MR) is 84.5 cm³/mol. The number of amides is 1. The van der Waals surface area contributed by atoms with Crippen molar-refractivity contribution in [3.63, 3.8) is 0 Å². The Labute approximate surface area is 125 Å². The highest BCUT2D eigenvalue weighted by Gasteiger charge is 2.11. The van der Waals surface area contributed by atoms with E-state index in [9.17, 15) is 4.79 Å². The number of rotatable bonds is 6. The monoisotopic (exact) mass is 281 g/mol. The minimum absolute atomic E-state index is 0.0320. The van der Waals surface area contributed by atoms with Crippen LogP contribution in [0, 0.1) is 0 Å². The molecular weight excluding hydrogens is 262 g/mol. The molecular formula is C18H19NO2. The van der Waals surface area contributed by atoms with Crippen molar-refractivity contribution >= 4 is 5.91 Å². The second-order valence-electron chi connectivity index (χ2n) is 4.73. The lowest BCUT2D eigenvalue weighted by Gasteiger charge is -2.14. The SMILES string of the molecule is C=CCOc1ccc(C(=O)NC(C)c2ccccc2)cc1. The van der Waals surface area contributed by atoms with Gasteiger partial charge in [-0.3, -0.25) is 4.79 Å². The van der Waals surface area contributed by atoms with E-state index in [0.717, 1.165) is 11.3 Å². The van der Waals surface area contributed by atoms with Crippen LogP contribution < -0.4 is 10.1 Å². The van der Waals surface area contributed by atoms with E-state index in [4.69, 9.17) is 4.74 Å². The van der Waals surface area contributed by atoms with Gasteiger partial charge in [0.25, 0.3) is 5.91 Å². The van der Waals surface area contributed by atoms with Crippen LogP contribution in [0.3, 0.4) is 0 Å². The van der Waals surface area contributed by atoms with Gasteiger partial charge in [-0.25, -0.2) is 0 Å². The summed E-state index contributed by atoms with van der Waals surface area (Å²) < 4.78 is 5.39. The molecule has 2 rings (SSSR count). The quantitative estimate of drug-likeness (QED) is 0.819. The van der Waals surface area contributed by atoms with Gasteiger partial charge < -0.3 is 10.1 Å². The summed E-state index contributed by atoms with van der Waals surface area (Å²) in [5.41, 5.74) is 1.69. The summed E-state index contributed by atoms with van der Waals surface area (Å²) in [7, 11) is 0. The van der Waals surface area contributed by atoms with Crippen LogP contribution in [0.2, 0.25) is 0 Å². The van der Waals surface area contributed by atoms with Crippen LogP contribution in [-0.4, -0.2) is 12.5 Å². The average Bonchev–Trinajstić information content (AvgIpc) is 2.54. The van der Waals surface area contributed by atoms with E-state index in [2.05, 4.69) is 11.9 Å². The maximum Gasteiger partial charge on any atom is 0.251 e. The van der Waals surface area contributed by atoms with Gasteiger partial charge in [-0.15, -0.1) is 0 Å². The van der Waals surface area contributed by atoms with Crippen LogP contribution in [0.25, 0.3) is 0 Å². The van der Waals surface area contributed by atoms with Crippen molar-refractivity contribution in [1.82, 2.24) is 5.32 Å². The second-order valence-corrected chi connectivity index (χ2v) is 4.73. The maximum absolute atomic E-state index is 12.2. The molecule has 1 N–H and O–H groups in total. The zero-order valence-corrected chi connectivity index (χ0v) is 12.1. The number of carbonyl (C=O) groups is 1. The molecule has 0 saturated carbocycles. The largest absolute Gasteiger partial charge is 0.490 e. The molecule has 0 radical (unpaired) electrons. The van der Waals surface area contributed by atoms with Crippen LogP contribution in [-0.2, 0) is 0 Å². The summed E-state index contributed by atoms with van der Waals surface area (Å²) in [6.45, 7) is 6.02. The summed E-state index contributed by atoms with van der Waals surface area (Å²) in [6, 6.07) is 16.9. The molecule has 0 aliphatic rings. The highest BCUT2D eigenvalue weighted by atomic mass is 16.5. The normalized spacial score (nSPS) is 11.5. The summed E-state index contributed by atoms with van der Waals surface area (Å²) >= 11 is 0. The Bertz CT molecular complexity index is 590. The van der Waals surface area contributed by atoms with Crippen molar-refractivity contribution in [2.45, 2.75) is 13.0 Å². The molecule has 0 aliphatic carbocycles. The first-order valence-electron chi connectivity index (χ1n) is 6.90. The van der Waals surface area contributed by atoms with Crippen molar-refractivity contribution in [2.75, 3.05) is 6.61 Å². The van der Waals surface area contributed by atoms with Gasteiger partial charge in [0.2, 0.25) is 0 Å². The minimum Gasteiger partial charge on any atom is -0.490 e. The molecule has 21 heavy (non-hydrogen) atoms. The molecule has 2 aromatic carbocycles. The van der Waals surface area contributed by atoms with E-state index in [1.165, 1.54) is 0 Å². The third-order valence-corrected chi connectivity index (χ3v) is 3.13. The van der Waals surface area contributed by atoms with E-state index >= 15 is 0 Å². The number of benzene rings is 2. The molecule has 0 aliphatic heterocycles. The van der Waals surface area contributed by atoms with E-state index in [-0.39, 0.29) is 11.9 Å². The Balaban J connectivity index is 1.98. The van der Waals surface area contributed by atoms with E-state index in [0.29, 0.717) is 12.2 Å². The Morgan fingerprint density at radius 3 is 2.48 bits per heavy atom. The highest BCUT2D eigenvalue weighted by molar-refractivity contribution is 5.94. The fourth-order valence-corrected chi connectivity index (χ4v) is 1.96. The van der Waals surface area contributed by atoms with E-state index in [1.54, 1.807) is 30.3 Å². The van der Waals surface area contributed by atoms with E-state index < -0.39 is 0 Å². The van der Waals surface area contributed by atoms with Gasteiger partial charge in [-0.1, -0.05) is 43.0 Å². The number of nitrogens with one attached hydrogen (secondary N) is 1. The molecule has 3 nitrogen and oxygen atoms in total. The third-order valence-electron chi connectivity index (χ3n) is 3.13. The summed E-state index contributed by atoms with van der Waals surface area (Å²) in [5, 5.41) is 2.98. The lowest BCUT2D eigenvalue weighted by atomic mass is 10.1. The molecule has 0 bridgehead atoms.